The molecule has 0 aliphatic heterocycles. The third-order valence-corrected chi connectivity index (χ3v) is 2.50. The van der Waals surface area contributed by atoms with Crippen LogP contribution in [0.15, 0.2) is 12.3 Å². The number of esters is 1. The normalized spacial score (nSPS) is 11.6. The van der Waals surface area contributed by atoms with E-state index in [0.29, 0.717) is 5.82 Å². The molecule has 2 heterocycles. The van der Waals surface area contributed by atoms with E-state index in [1.165, 1.54) is 18.0 Å². The molecule has 0 aliphatic rings. The molecule has 2 rings (SSSR count). The maximum Gasteiger partial charge on any atom is 0.360 e. The van der Waals surface area contributed by atoms with Gasteiger partial charge >= 0.3 is 5.97 Å². The Hall–Kier alpha value is -2.18. The minimum absolute atomic E-state index is 0.0307. The average molecular weight is 249 g/mol. The van der Waals surface area contributed by atoms with Crippen LogP contribution in [0.25, 0.3) is 5.82 Å². The fourth-order valence-corrected chi connectivity index (χ4v) is 1.39. The van der Waals surface area contributed by atoms with Crippen LogP contribution >= 0.6 is 0 Å². The topological polar surface area (TPSA) is 85.7 Å². The molecule has 0 aromatic carbocycles. The average Bonchev–Trinajstić information content (AvgIpc) is 2.94. The van der Waals surface area contributed by atoms with E-state index in [-0.39, 0.29) is 11.1 Å². The van der Waals surface area contributed by atoms with E-state index in [1.807, 2.05) is 6.07 Å². The summed E-state index contributed by atoms with van der Waals surface area (Å²) in [5.41, 5.74) is 1.10. The van der Waals surface area contributed by atoms with Crippen LogP contribution in [0.2, 0.25) is 0 Å². The number of nitrogens with zero attached hydrogens (tertiary/aromatic N) is 4. The molecule has 0 radical (unpaired) electrons. The van der Waals surface area contributed by atoms with Crippen LogP contribution < -0.4 is 0 Å². The van der Waals surface area contributed by atoms with Gasteiger partial charge in [-0.1, -0.05) is 26.0 Å². The zero-order valence-electron chi connectivity index (χ0n) is 10.8. The summed E-state index contributed by atoms with van der Waals surface area (Å²) in [5, 5.41) is 14.6. The Morgan fingerprint density at radius 3 is 2.72 bits per heavy atom. The summed E-state index contributed by atoms with van der Waals surface area (Å²) in [6, 6.07) is 1.87. The fourth-order valence-electron chi connectivity index (χ4n) is 1.39. The van der Waals surface area contributed by atoms with Crippen molar-refractivity contribution in [1.29, 1.82) is 0 Å². The Morgan fingerprint density at radius 2 is 2.17 bits per heavy atom. The van der Waals surface area contributed by atoms with Crippen LogP contribution in [0, 0.1) is 0 Å². The molecule has 0 fully saturated rings. The third kappa shape index (κ3) is 2.24. The van der Waals surface area contributed by atoms with Crippen LogP contribution in [-0.2, 0) is 10.2 Å². The quantitative estimate of drug-likeness (QED) is 0.805. The zero-order valence-corrected chi connectivity index (χ0v) is 10.8. The fraction of sp³-hybridized carbons (Fsp3) is 0.455. The van der Waals surface area contributed by atoms with Crippen LogP contribution in [-0.4, -0.2) is 38.3 Å². The molecule has 0 spiro atoms. The Labute approximate surface area is 104 Å². The van der Waals surface area contributed by atoms with Crippen LogP contribution in [0.5, 0.6) is 0 Å². The number of carbonyl (C=O) groups is 1. The van der Waals surface area contributed by atoms with Gasteiger partial charge in [0, 0.05) is 17.2 Å². The molecule has 0 bridgehead atoms. The summed E-state index contributed by atoms with van der Waals surface area (Å²) < 4.78 is 5.99. The third-order valence-electron chi connectivity index (χ3n) is 2.50. The van der Waals surface area contributed by atoms with E-state index >= 15 is 0 Å². The van der Waals surface area contributed by atoms with E-state index in [2.05, 4.69) is 46.0 Å². The SMILES string of the molecule is COC(=O)c1cn(-c2cc(C(C)(C)C)[nH]n2)nn1. The Kier molecular flexibility index (Phi) is 2.90. The van der Waals surface area contributed by atoms with E-state index in [4.69, 9.17) is 0 Å². The highest BCUT2D eigenvalue weighted by Crippen LogP contribution is 2.21. The maximum atomic E-state index is 11.3. The predicted molar refractivity (Wildman–Crippen MR) is 63.5 cm³/mol. The van der Waals surface area contributed by atoms with Crippen molar-refractivity contribution < 1.29 is 9.53 Å². The number of carbonyl (C=O) groups excluding carboxylic acids is 1. The van der Waals surface area contributed by atoms with E-state index in [0.717, 1.165) is 5.69 Å². The largest absolute Gasteiger partial charge is 0.464 e. The first-order chi connectivity index (χ1) is 8.41. The molecule has 2 aromatic rings. The molecule has 0 amide bonds. The van der Waals surface area contributed by atoms with Crippen LogP contribution in [0.1, 0.15) is 37.0 Å². The van der Waals surface area contributed by atoms with Crippen molar-refractivity contribution in [2.45, 2.75) is 26.2 Å². The summed E-state index contributed by atoms with van der Waals surface area (Å²) in [4.78, 5) is 11.3. The second-order valence-corrected chi connectivity index (χ2v) is 4.93. The van der Waals surface area contributed by atoms with Gasteiger partial charge in [-0.15, -0.1) is 5.10 Å². The highest BCUT2D eigenvalue weighted by molar-refractivity contribution is 5.86. The number of ether oxygens (including phenoxy) is 1. The van der Waals surface area contributed by atoms with Crippen LogP contribution in [0.4, 0.5) is 0 Å². The molecular formula is C11H15N5O2. The molecule has 0 aliphatic carbocycles. The second-order valence-electron chi connectivity index (χ2n) is 4.93. The first kappa shape index (κ1) is 12.3. The van der Waals surface area contributed by atoms with Crippen LogP contribution in [0.3, 0.4) is 0 Å². The van der Waals surface area contributed by atoms with Crippen molar-refractivity contribution >= 4 is 5.97 Å². The monoisotopic (exact) mass is 249 g/mol. The van der Waals surface area contributed by atoms with Gasteiger partial charge in [0.2, 0.25) is 0 Å². The summed E-state index contributed by atoms with van der Waals surface area (Å²) in [5.74, 6) is 0.0652. The Morgan fingerprint density at radius 1 is 1.44 bits per heavy atom. The number of aromatic nitrogens is 5. The lowest BCUT2D eigenvalue weighted by molar-refractivity contribution is 0.0594. The number of hydrogen-bond acceptors (Lipinski definition) is 5. The molecule has 0 saturated heterocycles. The lowest BCUT2D eigenvalue weighted by Gasteiger charge is -2.14. The molecule has 0 unspecified atom stereocenters. The molecule has 7 heteroatoms. The van der Waals surface area contributed by atoms with Gasteiger partial charge in [-0.05, 0) is 0 Å². The smallest absolute Gasteiger partial charge is 0.360 e. The zero-order chi connectivity index (χ0) is 13.3. The summed E-state index contributed by atoms with van der Waals surface area (Å²) in [6.07, 6.45) is 1.48. The number of aromatic amines is 1. The van der Waals surface area contributed by atoms with Crippen molar-refractivity contribution in [3.8, 4) is 5.82 Å². The van der Waals surface area contributed by atoms with Crippen molar-refractivity contribution in [2.24, 2.45) is 0 Å². The molecule has 1 N–H and O–H groups in total. The van der Waals surface area contributed by atoms with Gasteiger partial charge < -0.3 is 4.74 Å². The first-order valence-corrected chi connectivity index (χ1v) is 5.49. The van der Waals surface area contributed by atoms with Crippen molar-refractivity contribution in [1.82, 2.24) is 25.2 Å². The highest BCUT2D eigenvalue weighted by Gasteiger charge is 2.18. The first-order valence-electron chi connectivity index (χ1n) is 5.49. The van der Waals surface area contributed by atoms with Crippen molar-refractivity contribution in [3.05, 3.63) is 23.7 Å². The van der Waals surface area contributed by atoms with E-state index in [1.54, 1.807) is 0 Å². The van der Waals surface area contributed by atoms with E-state index < -0.39 is 5.97 Å². The Bertz CT molecular complexity index is 564. The van der Waals surface area contributed by atoms with Gasteiger partial charge in [0.25, 0.3) is 0 Å². The summed E-state index contributed by atoms with van der Waals surface area (Å²) >= 11 is 0. The number of methoxy groups -OCH3 is 1. The molecule has 18 heavy (non-hydrogen) atoms. The number of hydrogen-bond donors (Lipinski definition) is 1. The lowest BCUT2D eigenvalue weighted by Crippen LogP contribution is -2.11. The molecule has 2 aromatic heterocycles. The van der Waals surface area contributed by atoms with Gasteiger partial charge in [0.15, 0.2) is 11.5 Å². The highest BCUT2D eigenvalue weighted by atomic mass is 16.5. The van der Waals surface area contributed by atoms with E-state index in [9.17, 15) is 4.79 Å². The molecule has 0 atom stereocenters. The van der Waals surface area contributed by atoms with Gasteiger partial charge in [0.1, 0.15) is 0 Å². The van der Waals surface area contributed by atoms with Gasteiger partial charge in [0.05, 0.1) is 13.3 Å². The summed E-state index contributed by atoms with van der Waals surface area (Å²) in [7, 11) is 1.30. The predicted octanol–water partition coefficient (Wildman–Crippen LogP) is 1.07. The minimum Gasteiger partial charge on any atom is -0.464 e. The van der Waals surface area contributed by atoms with Gasteiger partial charge in [-0.25, -0.2) is 4.79 Å². The Balaban J connectivity index is 2.30. The second kappa shape index (κ2) is 4.25. The minimum atomic E-state index is -0.521. The molecule has 96 valence electrons. The van der Waals surface area contributed by atoms with Gasteiger partial charge in [-0.2, -0.15) is 9.78 Å². The standard InChI is InChI=1S/C11H15N5O2/c1-11(2,3)8-5-9(14-13-8)16-6-7(12-15-16)10(17)18-4/h5-6H,1-4H3,(H,13,14). The lowest BCUT2D eigenvalue weighted by atomic mass is 9.92. The number of rotatable bonds is 2. The molecular weight excluding hydrogens is 234 g/mol. The number of nitrogens with one attached hydrogen (secondary N) is 1. The van der Waals surface area contributed by atoms with Gasteiger partial charge in [-0.3, -0.25) is 5.10 Å². The molecule has 0 saturated carbocycles. The maximum absolute atomic E-state index is 11.3. The van der Waals surface area contributed by atoms with Crippen molar-refractivity contribution in [2.75, 3.05) is 7.11 Å². The molecule has 7 nitrogen and oxygen atoms in total. The van der Waals surface area contributed by atoms with Crippen molar-refractivity contribution in [3.63, 3.8) is 0 Å². The summed E-state index contributed by atoms with van der Waals surface area (Å²) in [6.45, 7) is 6.22. The number of H-pyrrole nitrogens is 1.